The van der Waals surface area contributed by atoms with Crippen LogP contribution in [0.5, 0.6) is 0 Å². The summed E-state index contributed by atoms with van der Waals surface area (Å²) < 4.78 is 13.1. The highest BCUT2D eigenvalue weighted by atomic mass is 79.9. The third-order valence-electron chi connectivity index (χ3n) is 10.8. The van der Waals surface area contributed by atoms with Crippen LogP contribution in [-0.2, 0) is 35.1 Å². The molecule has 274 valence electrons. The Hall–Kier alpha value is -3.80. The average molecular weight is 765 g/mol. The van der Waals surface area contributed by atoms with Gasteiger partial charge in [-0.05, 0) is 51.2 Å². The molecule has 1 unspecified atom stereocenters. The van der Waals surface area contributed by atoms with Gasteiger partial charge in [-0.1, -0.05) is 88.7 Å². The second-order valence-corrected chi connectivity index (χ2v) is 15.3. The third-order valence-corrected chi connectivity index (χ3v) is 11.6. The van der Waals surface area contributed by atoms with Crippen molar-refractivity contribution in [1.82, 2.24) is 14.7 Å². The zero-order chi connectivity index (χ0) is 37.0. The second kappa shape index (κ2) is 16.3. The predicted octanol–water partition coefficient (Wildman–Crippen LogP) is 4.86. The number of aliphatic hydroxyl groups is 1. The topological polar surface area (TPSA) is 117 Å². The number of aliphatic hydroxyl groups excluding tert-OH is 1. The molecule has 0 saturated carbocycles. The number of benzene rings is 2. The molecule has 51 heavy (non-hydrogen) atoms. The Labute approximate surface area is 309 Å². The number of ether oxygens (including phenoxy) is 2. The lowest BCUT2D eigenvalue weighted by molar-refractivity contribution is -0.165. The maximum atomic E-state index is 14.9. The van der Waals surface area contributed by atoms with Gasteiger partial charge in [0.05, 0.1) is 36.6 Å². The SMILES string of the molecule is C=CCCC(=O)N(C)[C@@H](C)[C@@H](OC(=O)[C@H]1[C@@H]2O[C@@]3(CC2Br)[C@@H]1C(=O)N([C@@H](CO)Cc1ccccc1)[C@@H]3C(=O)N(CC=C)C(C)C)c1ccccc1. The Bertz CT molecular complexity index is 1590. The van der Waals surface area contributed by atoms with Crippen molar-refractivity contribution < 1.29 is 33.8 Å². The highest BCUT2D eigenvalue weighted by Crippen LogP contribution is 2.61. The molecular formula is C40H50BrN3O7. The molecule has 2 bridgehead atoms. The Morgan fingerprint density at radius 3 is 2.31 bits per heavy atom. The Kier molecular flexibility index (Phi) is 12.2. The van der Waals surface area contributed by atoms with Gasteiger partial charge in [-0.2, -0.15) is 0 Å². The van der Waals surface area contributed by atoms with E-state index >= 15 is 0 Å². The standard InChI is InChI=1S/C40H50BrN3O7/c1-7-9-20-31(46)42(6)26(5)34(28-18-14-11-15-19-28)50-39(49)32-33-37(47)44(29(24-45)22-27-16-12-10-13-17-27)36(38(48)43(21-8-2)25(3)4)40(33)23-30(41)35(32)51-40/h7-8,10-19,25-26,29-30,32-36,45H,1-2,9,20-24H2,3-6H3/t26-,29+,30?,32+,33-,34+,35+,36+,40-/m0/s1. The first kappa shape index (κ1) is 38.4. The van der Waals surface area contributed by atoms with Crippen molar-refractivity contribution in [3.63, 3.8) is 0 Å². The monoisotopic (exact) mass is 763 g/mol. The number of hydrogen-bond donors (Lipinski definition) is 1. The fourth-order valence-corrected chi connectivity index (χ4v) is 9.06. The van der Waals surface area contributed by atoms with Crippen molar-refractivity contribution in [1.29, 1.82) is 0 Å². The molecule has 3 aliphatic rings. The third kappa shape index (κ3) is 7.30. The molecule has 3 fully saturated rings. The van der Waals surface area contributed by atoms with Gasteiger partial charge in [-0.15, -0.1) is 13.2 Å². The van der Waals surface area contributed by atoms with E-state index in [4.69, 9.17) is 9.47 Å². The van der Waals surface area contributed by atoms with E-state index in [-0.39, 0.29) is 35.6 Å². The summed E-state index contributed by atoms with van der Waals surface area (Å²) in [6.07, 6.45) is 3.14. The normalized spacial score (nSPS) is 26.7. The number of likely N-dealkylation sites (N-methyl/N-ethyl adjacent to an activating group) is 1. The molecule has 0 radical (unpaired) electrons. The van der Waals surface area contributed by atoms with Gasteiger partial charge >= 0.3 is 5.97 Å². The first-order chi connectivity index (χ1) is 24.4. The van der Waals surface area contributed by atoms with Gasteiger partial charge in [0.2, 0.25) is 17.7 Å². The number of alkyl halides is 1. The summed E-state index contributed by atoms with van der Waals surface area (Å²) in [5.74, 6) is -3.57. The molecule has 0 aliphatic carbocycles. The summed E-state index contributed by atoms with van der Waals surface area (Å²) in [6.45, 7) is 13.1. The van der Waals surface area contributed by atoms with Gasteiger partial charge < -0.3 is 29.3 Å². The molecule has 3 saturated heterocycles. The number of esters is 1. The van der Waals surface area contributed by atoms with Crippen LogP contribution in [0.15, 0.2) is 86.0 Å². The van der Waals surface area contributed by atoms with Crippen LogP contribution in [0.2, 0.25) is 0 Å². The number of carbonyl (C=O) groups is 4. The number of amides is 3. The summed E-state index contributed by atoms with van der Waals surface area (Å²) in [5, 5.41) is 10.8. The Morgan fingerprint density at radius 1 is 1.08 bits per heavy atom. The molecule has 5 rings (SSSR count). The minimum Gasteiger partial charge on any atom is -0.455 e. The molecule has 3 aliphatic heterocycles. The lowest BCUT2D eigenvalue weighted by Crippen LogP contribution is -2.60. The Balaban J connectivity index is 1.55. The van der Waals surface area contributed by atoms with E-state index in [2.05, 4.69) is 29.1 Å². The van der Waals surface area contributed by atoms with Crippen molar-refractivity contribution in [3.05, 3.63) is 97.1 Å². The van der Waals surface area contributed by atoms with E-state index in [0.29, 0.717) is 24.8 Å². The lowest BCUT2D eigenvalue weighted by atomic mass is 9.70. The van der Waals surface area contributed by atoms with E-state index < -0.39 is 66.3 Å². The van der Waals surface area contributed by atoms with Crippen molar-refractivity contribution in [3.8, 4) is 0 Å². The van der Waals surface area contributed by atoms with Crippen molar-refractivity contribution in [2.45, 2.75) is 93.3 Å². The molecule has 3 amide bonds. The predicted molar refractivity (Wildman–Crippen MR) is 198 cm³/mol. The number of rotatable bonds is 16. The first-order valence-electron chi connectivity index (χ1n) is 17.7. The molecule has 10 nitrogen and oxygen atoms in total. The number of nitrogens with zero attached hydrogens (tertiary/aromatic N) is 3. The molecular weight excluding hydrogens is 714 g/mol. The number of hydrogen-bond acceptors (Lipinski definition) is 7. The van der Waals surface area contributed by atoms with E-state index in [9.17, 15) is 24.3 Å². The average Bonchev–Trinajstić information content (AvgIpc) is 3.73. The number of allylic oxidation sites excluding steroid dienone is 1. The zero-order valence-corrected chi connectivity index (χ0v) is 31.5. The Morgan fingerprint density at radius 2 is 1.73 bits per heavy atom. The van der Waals surface area contributed by atoms with Crippen LogP contribution in [-0.4, -0.2) is 104 Å². The van der Waals surface area contributed by atoms with Crippen LogP contribution < -0.4 is 0 Å². The summed E-state index contributed by atoms with van der Waals surface area (Å²) >= 11 is 3.75. The van der Waals surface area contributed by atoms with Gasteiger partial charge in [0.1, 0.15) is 17.7 Å². The van der Waals surface area contributed by atoms with Crippen LogP contribution >= 0.6 is 15.9 Å². The first-order valence-corrected chi connectivity index (χ1v) is 18.7. The summed E-state index contributed by atoms with van der Waals surface area (Å²) in [6, 6.07) is 16.1. The molecule has 11 heteroatoms. The minimum absolute atomic E-state index is 0.118. The van der Waals surface area contributed by atoms with E-state index in [1.165, 1.54) is 4.90 Å². The highest BCUT2D eigenvalue weighted by Gasteiger charge is 2.77. The summed E-state index contributed by atoms with van der Waals surface area (Å²) in [5.41, 5.74) is 0.242. The van der Waals surface area contributed by atoms with Crippen molar-refractivity contribution >= 4 is 39.6 Å². The maximum Gasteiger partial charge on any atom is 0.313 e. The number of likely N-dealkylation sites (tertiary alicyclic amines) is 1. The molecule has 2 aromatic rings. The molecule has 3 heterocycles. The van der Waals surface area contributed by atoms with Gasteiger partial charge in [-0.3, -0.25) is 19.2 Å². The second-order valence-electron chi connectivity index (χ2n) is 14.1. The highest BCUT2D eigenvalue weighted by molar-refractivity contribution is 9.09. The van der Waals surface area contributed by atoms with Gasteiger partial charge in [0.15, 0.2) is 0 Å². The van der Waals surface area contributed by atoms with Crippen LogP contribution in [0.1, 0.15) is 57.3 Å². The van der Waals surface area contributed by atoms with Crippen molar-refractivity contribution in [2.75, 3.05) is 20.2 Å². The van der Waals surface area contributed by atoms with Crippen LogP contribution in [0.3, 0.4) is 0 Å². The maximum absolute atomic E-state index is 14.9. The lowest BCUT2D eigenvalue weighted by Gasteiger charge is -2.40. The fourth-order valence-electron chi connectivity index (χ4n) is 8.12. The molecule has 9 atom stereocenters. The zero-order valence-electron chi connectivity index (χ0n) is 29.9. The molecule has 1 N–H and O–H groups in total. The minimum atomic E-state index is -1.35. The number of fused-ring (bicyclic) bond motifs is 1. The fraction of sp³-hybridized carbons (Fsp3) is 0.500. The largest absolute Gasteiger partial charge is 0.455 e. The number of carbonyl (C=O) groups excluding carboxylic acids is 4. The smallest absolute Gasteiger partial charge is 0.313 e. The summed E-state index contributed by atoms with van der Waals surface area (Å²) in [4.78, 5) is 61.7. The number of halogens is 1. The van der Waals surface area contributed by atoms with Gasteiger partial charge in [0.25, 0.3) is 0 Å². The quantitative estimate of drug-likeness (QED) is 0.148. The van der Waals surface area contributed by atoms with Crippen LogP contribution in [0, 0.1) is 11.8 Å². The van der Waals surface area contributed by atoms with E-state index in [0.717, 1.165) is 5.56 Å². The van der Waals surface area contributed by atoms with Gasteiger partial charge in [0, 0.05) is 30.9 Å². The molecule has 0 aromatic heterocycles. The summed E-state index contributed by atoms with van der Waals surface area (Å²) in [7, 11) is 1.68. The van der Waals surface area contributed by atoms with Crippen LogP contribution in [0.25, 0.3) is 0 Å². The molecule has 1 spiro atoms. The van der Waals surface area contributed by atoms with Crippen molar-refractivity contribution in [2.24, 2.45) is 11.8 Å². The van der Waals surface area contributed by atoms with E-state index in [1.54, 1.807) is 29.0 Å². The molecule has 2 aromatic carbocycles. The van der Waals surface area contributed by atoms with Gasteiger partial charge in [-0.25, -0.2) is 0 Å². The van der Waals surface area contributed by atoms with Crippen LogP contribution in [0.4, 0.5) is 0 Å². The van der Waals surface area contributed by atoms with E-state index in [1.807, 2.05) is 81.4 Å².